The molecule has 44 heavy (non-hydrogen) atoms. The minimum absolute atomic E-state index is 0.0355. The normalized spacial score (nSPS) is 12.9. The SMILES string of the molecule is O=C(NS(=O)(=O)c1ccccc1)c1cc(Cl)ccc1COc1ccc(C(C(=O)O)c2cnc(C(F)(F)C(F)(F)F)[nH]2)cc1Cl. The van der Waals surface area contributed by atoms with Crippen molar-refractivity contribution in [1.29, 1.82) is 0 Å². The maximum Gasteiger partial charge on any atom is 0.461 e. The number of H-pyrrole nitrogens is 1. The number of alkyl halides is 5. The van der Waals surface area contributed by atoms with Gasteiger partial charge in [-0.05, 0) is 42.0 Å². The van der Waals surface area contributed by atoms with E-state index < -0.39 is 51.4 Å². The van der Waals surface area contributed by atoms with Crippen LogP contribution in [-0.2, 0) is 27.3 Å². The molecule has 0 radical (unpaired) electrons. The number of hydrogen-bond acceptors (Lipinski definition) is 6. The number of carboxylic acids is 1. The number of nitrogens with one attached hydrogen (secondary N) is 2. The number of rotatable bonds is 10. The van der Waals surface area contributed by atoms with E-state index in [2.05, 4.69) is 4.98 Å². The molecule has 0 aliphatic heterocycles. The summed E-state index contributed by atoms with van der Waals surface area (Å²) >= 11 is 12.3. The number of imidazole rings is 1. The summed E-state index contributed by atoms with van der Waals surface area (Å²) in [5.74, 6) is -11.5. The smallest absolute Gasteiger partial charge is 0.461 e. The number of ether oxygens (including phenoxy) is 1. The van der Waals surface area contributed by atoms with Gasteiger partial charge in [0.05, 0.1) is 15.6 Å². The molecule has 232 valence electrons. The summed E-state index contributed by atoms with van der Waals surface area (Å²) in [5.41, 5.74) is -0.628. The van der Waals surface area contributed by atoms with Crippen LogP contribution in [0.3, 0.4) is 0 Å². The van der Waals surface area contributed by atoms with E-state index in [0.717, 1.165) is 6.07 Å². The zero-order valence-corrected chi connectivity index (χ0v) is 24.0. The number of halogens is 7. The Labute approximate surface area is 255 Å². The van der Waals surface area contributed by atoms with Crippen LogP contribution in [0.25, 0.3) is 0 Å². The maximum atomic E-state index is 13.7. The van der Waals surface area contributed by atoms with Crippen LogP contribution in [0.2, 0.25) is 10.0 Å². The van der Waals surface area contributed by atoms with Crippen molar-refractivity contribution in [3.05, 3.63) is 111 Å². The molecule has 4 aromatic rings. The zero-order chi connectivity index (χ0) is 32.4. The molecule has 1 atom stereocenters. The van der Waals surface area contributed by atoms with Crippen molar-refractivity contribution in [1.82, 2.24) is 14.7 Å². The second-order valence-corrected chi connectivity index (χ2v) is 11.6. The van der Waals surface area contributed by atoms with Gasteiger partial charge in [-0.3, -0.25) is 9.59 Å². The summed E-state index contributed by atoms with van der Waals surface area (Å²) in [6.07, 6.45) is -5.42. The van der Waals surface area contributed by atoms with Crippen molar-refractivity contribution in [2.45, 2.75) is 29.5 Å². The van der Waals surface area contributed by atoms with Gasteiger partial charge in [0.15, 0.2) is 5.82 Å². The summed E-state index contributed by atoms with van der Waals surface area (Å²) in [5, 5.41) is 9.64. The Balaban J connectivity index is 1.55. The van der Waals surface area contributed by atoms with Crippen LogP contribution in [0.1, 0.15) is 38.9 Å². The van der Waals surface area contributed by atoms with E-state index in [1.165, 1.54) is 54.6 Å². The molecule has 0 saturated carbocycles. The Hall–Kier alpha value is -4.21. The first-order valence-electron chi connectivity index (χ1n) is 12.1. The van der Waals surface area contributed by atoms with Crippen LogP contribution in [0.15, 0.2) is 77.8 Å². The average Bonchev–Trinajstić information content (AvgIpc) is 3.43. The molecule has 0 fully saturated rings. The van der Waals surface area contributed by atoms with Gasteiger partial charge in [-0.2, -0.15) is 22.0 Å². The molecule has 1 heterocycles. The summed E-state index contributed by atoms with van der Waals surface area (Å²) < 4.78 is 98.4. The highest BCUT2D eigenvalue weighted by molar-refractivity contribution is 7.90. The Kier molecular flexibility index (Phi) is 9.23. The molecule has 0 saturated heterocycles. The van der Waals surface area contributed by atoms with Gasteiger partial charge in [-0.25, -0.2) is 18.1 Å². The van der Waals surface area contributed by atoms with Gasteiger partial charge in [0.1, 0.15) is 18.3 Å². The quantitative estimate of drug-likeness (QED) is 0.168. The van der Waals surface area contributed by atoms with Gasteiger partial charge in [0, 0.05) is 22.3 Å². The minimum Gasteiger partial charge on any atom is -0.487 e. The number of nitrogens with zero attached hydrogens (tertiary/aromatic N) is 1. The molecule has 3 N–H and O–H groups in total. The molecule has 0 bridgehead atoms. The first kappa shape index (κ1) is 32.7. The summed E-state index contributed by atoms with van der Waals surface area (Å²) in [6, 6.07) is 14.7. The highest BCUT2D eigenvalue weighted by Gasteiger charge is 2.61. The number of carbonyl (C=O) groups is 2. The van der Waals surface area contributed by atoms with Crippen LogP contribution in [-0.4, -0.2) is 41.5 Å². The molecule has 0 spiro atoms. The van der Waals surface area contributed by atoms with Gasteiger partial charge in [0.25, 0.3) is 15.9 Å². The van der Waals surface area contributed by atoms with Crippen molar-refractivity contribution >= 4 is 45.1 Å². The van der Waals surface area contributed by atoms with Crippen molar-refractivity contribution in [3.63, 3.8) is 0 Å². The third kappa shape index (κ3) is 6.95. The molecular formula is C27H18Cl2F5N3O6S. The van der Waals surface area contributed by atoms with Gasteiger partial charge in [-0.15, -0.1) is 0 Å². The Morgan fingerprint density at radius 1 is 1.00 bits per heavy atom. The number of hydrogen-bond donors (Lipinski definition) is 3. The summed E-state index contributed by atoms with van der Waals surface area (Å²) in [7, 11) is -4.22. The molecule has 1 unspecified atom stereocenters. The topological polar surface area (TPSA) is 138 Å². The van der Waals surface area contributed by atoms with Crippen molar-refractivity contribution in [3.8, 4) is 5.75 Å². The molecule has 0 aliphatic rings. The molecule has 0 aliphatic carbocycles. The number of aliphatic carboxylic acids is 1. The van der Waals surface area contributed by atoms with Gasteiger partial charge < -0.3 is 14.8 Å². The summed E-state index contributed by atoms with van der Waals surface area (Å²) in [6.45, 7) is -0.344. The highest BCUT2D eigenvalue weighted by Crippen LogP contribution is 2.43. The fourth-order valence-corrected chi connectivity index (χ4v) is 5.32. The average molecular weight is 678 g/mol. The van der Waals surface area contributed by atoms with E-state index in [4.69, 9.17) is 27.9 Å². The lowest BCUT2D eigenvalue weighted by molar-refractivity contribution is -0.292. The molecule has 3 aromatic carbocycles. The van der Waals surface area contributed by atoms with Crippen LogP contribution in [0.5, 0.6) is 5.75 Å². The van der Waals surface area contributed by atoms with Crippen molar-refractivity contribution < 1.29 is 49.8 Å². The lowest BCUT2D eigenvalue weighted by atomic mass is 9.96. The second-order valence-electron chi connectivity index (χ2n) is 9.06. The summed E-state index contributed by atoms with van der Waals surface area (Å²) in [4.78, 5) is 29.5. The molecule has 4 rings (SSSR count). The molecular weight excluding hydrogens is 660 g/mol. The monoisotopic (exact) mass is 677 g/mol. The van der Waals surface area contributed by atoms with E-state index >= 15 is 0 Å². The molecule has 9 nitrogen and oxygen atoms in total. The van der Waals surface area contributed by atoms with Crippen LogP contribution < -0.4 is 9.46 Å². The first-order valence-corrected chi connectivity index (χ1v) is 14.3. The number of carbonyl (C=O) groups excluding carboxylic acids is 1. The van der Waals surface area contributed by atoms with E-state index in [1.54, 1.807) is 11.1 Å². The second kappa shape index (κ2) is 12.4. The number of benzene rings is 3. The predicted octanol–water partition coefficient (Wildman–Crippen LogP) is 6.28. The van der Waals surface area contributed by atoms with Gasteiger partial charge in [-0.1, -0.05) is 53.5 Å². The largest absolute Gasteiger partial charge is 0.487 e. The number of carboxylic acid groups (broad SMARTS) is 1. The van der Waals surface area contributed by atoms with Gasteiger partial charge in [0.2, 0.25) is 0 Å². The Morgan fingerprint density at radius 3 is 2.30 bits per heavy atom. The van der Waals surface area contributed by atoms with Crippen molar-refractivity contribution in [2.75, 3.05) is 0 Å². The lowest BCUT2D eigenvalue weighted by Gasteiger charge is -2.17. The van der Waals surface area contributed by atoms with Gasteiger partial charge >= 0.3 is 18.1 Å². The highest BCUT2D eigenvalue weighted by atomic mass is 35.5. The Morgan fingerprint density at radius 2 is 1.68 bits per heavy atom. The maximum absolute atomic E-state index is 13.7. The number of aromatic nitrogens is 2. The Bertz CT molecular complexity index is 1820. The van der Waals surface area contributed by atoms with Crippen LogP contribution >= 0.6 is 23.2 Å². The minimum atomic E-state index is -5.97. The van der Waals surface area contributed by atoms with Crippen molar-refractivity contribution in [2.24, 2.45) is 0 Å². The first-order chi connectivity index (χ1) is 20.5. The number of amides is 1. The van der Waals surface area contributed by atoms with E-state index in [1.807, 2.05) is 4.72 Å². The number of aromatic amines is 1. The van der Waals surface area contributed by atoms with Crippen LogP contribution in [0, 0.1) is 0 Å². The number of sulfonamides is 1. The van der Waals surface area contributed by atoms with E-state index in [0.29, 0.717) is 6.20 Å². The molecule has 1 aromatic heterocycles. The standard InChI is InChI=1S/C27H18Cl2F5N3O6S/c28-16-8-6-15(18(11-16)23(38)37-44(41,42)17-4-2-1-3-5-17)13-43-21-9-7-14(10-19(21)29)22(24(39)40)20-12-35-25(36-20)26(30,31)27(32,33)34/h1-12,22H,13H2,(H,35,36)(H,37,38)(H,39,40). The van der Waals surface area contributed by atoms with Crippen LogP contribution in [0.4, 0.5) is 22.0 Å². The molecule has 17 heteroatoms. The van der Waals surface area contributed by atoms with E-state index in [9.17, 15) is 45.1 Å². The zero-order valence-electron chi connectivity index (χ0n) is 21.7. The predicted molar refractivity (Wildman–Crippen MR) is 146 cm³/mol. The van der Waals surface area contributed by atoms with E-state index in [-0.39, 0.29) is 44.0 Å². The third-order valence-electron chi connectivity index (χ3n) is 6.08. The fourth-order valence-electron chi connectivity index (χ4n) is 3.92. The fraction of sp³-hybridized carbons (Fsp3) is 0.148. The lowest BCUT2D eigenvalue weighted by Crippen LogP contribution is -2.34. The molecule has 1 amide bonds. The third-order valence-corrected chi connectivity index (χ3v) is 7.95.